The highest BCUT2D eigenvalue weighted by molar-refractivity contribution is 7.13. The van der Waals surface area contributed by atoms with Gasteiger partial charge in [-0.1, -0.05) is 9.39 Å². The van der Waals surface area contributed by atoms with Crippen LogP contribution in [0.1, 0.15) is 30.5 Å². The van der Waals surface area contributed by atoms with Crippen molar-refractivity contribution in [3.05, 3.63) is 23.5 Å². The summed E-state index contributed by atoms with van der Waals surface area (Å²) < 4.78 is 44.6. The minimum atomic E-state index is -4.61. The van der Waals surface area contributed by atoms with Crippen molar-refractivity contribution in [2.45, 2.75) is 43.1 Å². The van der Waals surface area contributed by atoms with Gasteiger partial charge in [0.2, 0.25) is 0 Å². The second kappa shape index (κ2) is 5.90. The lowest BCUT2D eigenvalue weighted by Crippen LogP contribution is -2.68. The Bertz CT molecular complexity index is 636. The zero-order chi connectivity index (χ0) is 16.7. The van der Waals surface area contributed by atoms with Gasteiger partial charge in [-0.25, -0.2) is 4.98 Å². The van der Waals surface area contributed by atoms with E-state index in [9.17, 15) is 13.2 Å². The molecule has 2 fully saturated rings. The van der Waals surface area contributed by atoms with Crippen LogP contribution in [-0.2, 0) is 10.9 Å². The standard InChI is InChI=1S/C14H16F3N4OP/c15-14(16,17)9-4-8(6-19-10(9)5-18)20-11-7-22-12(11)13(21-23)2-1-3-13/h4,6,11-12,20-21H,1-3,7,23H2. The first-order valence-electron chi connectivity index (χ1n) is 7.23. The van der Waals surface area contributed by atoms with Crippen LogP contribution < -0.4 is 10.4 Å². The first-order valence-corrected chi connectivity index (χ1v) is 7.80. The highest BCUT2D eigenvalue weighted by Crippen LogP contribution is 2.42. The molecule has 0 spiro atoms. The van der Waals surface area contributed by atoms with E-state index in [2.05, 4.69) is 24.8 Å². The van der Waals surface area contributed by atoms with Gasteiger partial charge >= 0.3 is 6.18 Å². The molecule has 2 N–H and O–H groups in total. The summed E-state index contributed by atoms with van der Waals surface area (Å²) in [7, 11) is 2.50. The van der Waals surface area contributed by atoms with Crippen molar-refractivity contribution in [2.75, 3.05) is 11.9 Å². The Balaban J connectivity index is 1.77. The normalized spacial score (nSPS) is 25.9. The van der Waals surface area contributed by atoms with Gasteiger partial charge in [0, 0.05) is 5.54 Å². The summed E-state index contributed by atoms with van der Waals surface area (Å²) in [6.07, 6.45) is -0.409. The van der Waals surface area contributed by atoms with Crippen LogP contribution in [0, 0.1) is 11.3 Å². The Morgan fingerprint density at radius 2 is 2.17 bits per heavy atom. The van der Waals surface area contributed by atoms with Gasteiger partial charge < -0.3 is 10.1 Å². The quantitative estimate of drug-likeness (QED) is 0.821. The van der Waals surface area contributed by atoms with E-state index in [1.807, 2.05) is 0 Å². The molecule has 3 atom stereocenters. The molecule has 3 unspecified atom stereocenters. The van der Waals surface area contributed by atoms with Gasteiger partial charge in [0.25, 0.3) is 0 Å². The molecular formula is C14H16F3N4OP. The Kier molecular flexibility index (Phi) is 4.21. The molecule has 2 heterocycles. The SMILES string of the molecule is N#Cc1ncc(NC2COC2C2(NP)CCC2)cc1C(F)(F)F. The van der Waals surface area contributed by atoms with E-state index in [0.717, 1.165) is 25.3 Å². The zero-order valence-electron chi connectivity index (χ0n) is 12.2. The van der Waals surface area contributed by atoms with E-state index in [4.69, 9.17) is 10.00 Å². The van der Waals surface area contributed by atoms with Crippen molar-refractivity contribution in [1.82, 2.24) is 10.1 Å². The fourth-order valence-corrected chi connectivity index (χ4v) is 3.54. The van der Waals surface area contributed by atoms with E-state index in [-0.39, 0.29) is 23.4 Å². The van der Waals surface area contributed by atoms with Gasteiger partial charge in [-0.2, -0.15) is 18.4 Å². The molecule has 23 heavy (non-hydrogen) atoms. The lowest BCUT2D eigenvalue weighted by Gasteiger charge is -2.54. The number of alkyl halides is 3. The predicted octanol–water partition coefficient (Wildman–Crippen LogP) is 2.45. The van der Waals surface area contributed by atoms with Gasteiger partial charge in [-0.3, -0.25) is 5.09 Å². The number of nitrogens with one attached hydrogen (secondary N) is 2. The molecule has 1 aliphatic carbocycles. The van der Waals surface area contributed by atoms with Crippen LogP contribution in [-0.4, -0.2) is 29.3 Å². The minimum absolute atomic E-state index is 0.0841. The summed E-state index contributed by atoms with van der Waals surface area (Å²) in [5.74, 6) is 0. The van der Waals surface area contributed by atoms with E-state index in [0.29, 0.717) is 6.61 Å². The van der Waals surface area contributed by atoms with Crippen LogP contribution in [0.25, 0.3) is 0 Å². The molecule has 0 aromatic carbocycles. The molecule has 1 aliphatic heterocycles. The molecule has 0 radical (unpaired) electrons. The predicted molar refractivity (Wildman–Crippen MR) is 80.5 cm³/mol. The average Bonchev–Trinajstić information content (AvgIpc) is 2.46. The minimum Gasteiger partial charge on any atom is -0.376 e. The topological polar surface area (TPSA) is 70.0 Å². The summed E-state index contributed by atoms with van der Waals surface area (Å²) in [4.78, 5) is 3.61. The summed E-state index contributed by atoms with van der Waals surface area (Å²) in [5, 5.41) is 15.0. The van der Waals surface area contributed by atoms with Crippen LogP contribution in [0.5, 0.6) is 0 Å². The molecule has 2 aliphatic rings. The maximum atomic E-state index is 13.0. The third-order valence-electron chi connectivity index (χ3n) is 4.55. The third kappa shape index (κ3) is 2.89. The largest absolute Gasteiger partial charge is 0.419 e. The van der Waals surface area contributed by atoms with Crippen LogP contribution in [0.3, 0.4) is 0 Å². The maximum Gasteiger partial charge on any atom is 0.419 e. The van der Waals surface area contributed by atoms with Gasteiger partial charge in [-0.05, 0) is 25.3 Å². The number of halogens is 3. The molecule has 1 saturated carbocycles. The number of ether oxygens (including phenoxy) is 1. The Labute approximate surface area is 133 Å². The molecule has 3 rings (SSSR count). The summed E-state index contributed by atoms with van der Waals surface area (Å²) in [6.45, 7) is 0.431. The van der Waals surface area contributed by atoms with Crippen LogP contribution in [0.4, 0.5) is 18.9 Å². The van der Waals surface area contributed by atoms with Crippen molar-refractivity contribution < 1.29 is 17.9 Å². The number of hydrogen-bond donors (Lipinski definition) is 2. The van der Waals surface area contributed by atoms with E-state index >= 15 is 0 Å². The third-order valence-corrected chi connectivity index (χ3v) is 5.12. The van der Waals surface area contributed by atoms with Gasteiger partial charge in [0.05, 0.1) is 36.2 Å². The zero-order valence-corrected chi connectivity index (χ0v) is 13.3. The molecule has 0 bridgehead atoms. The Morgan fingerprint density at radius 3 is 2.61 bits per heavy atom. The number of pyridine rings is 1. The highest BCUT2D eigenvalue weighted by atomic mass is 31.0. The van der Waals surface area contributed by atoms with Crippen molar-refractivity contribution in [1.29, 1.82) is 5.26 Å². The van der Waals surface area contributed by atoms with Crippen molar-refractivity contribution in [3.8, 4) is 6.07 Å². The van der Waals surface area contributed by atoms with E-state index < -0.39 is 17.4 Å². The van der Waals surface area contributed by atoms with E-state index in [1.54, 1.807) is 0 Å². The summed E-state index contributed by atoms with van der Waals surface area (Å²) in [5.41, 5.74) is -1.53. The molecule has 5 nitrogen and oxygen atoms in total. The monoisotopic (exact) mass is 344 g/mol. The van der Waals surface area contributed by atoms with Crippen LogP contribution in [0.2, 0.25) is 0 Å². The Hall–Kier alpha value is -1.42. The molecule has 9 heteroatoms. The molecule has 1 aromatic rings. The molecule has 1 aromatic heterocycles. The number of nitriles is 1. The molecular weight excluding hydrogens is 328 g/mol. The summed E-state index contributed by atoms with van der Waals surface area (Å²) >= 11 is 0. The maximum absolute atomic E-state index is 13.0. The lowest BCUT2D eigenvalue weighted by atomic mass is 9.70. The fraction of sp³-hybridized carbons (Fsp3) is 0.571. The van der Waals surface area contributed by atoms with Gasteiger partial charge in [0.15, 0.2) is 5.69 Å². The molecule has 0 amide bonds. The van der Waals surface area contributed by atoms with Crippen molar-refractivity contribution in [3.63, 3.8) is 0 Å². The van der Waals surface area contributed by atoms with Crippen molar-refractivity contribution >= 4 is 15.1 Å². The van der Waals surface area contributed by atoms with Crippen LogP contribution in [0.15, 0.2) is 12.3 Å². The van der Waals surface area contributed by atoms with Gasteiger partial charge in [0.1, 0.15) is 6.07 Å². The van der Waals surface area contributed by atoms with E-state index in [1.165, 1.54) is 12.3 Å². The first kappa shape index (κ1) is 16.4. The smallest absolute Gasteiger partial charge is 0.376 e. The second-order valence-electron chi connectivity index (χ2n) is 5.89. The average molecular weight is 344 g/mol. The summed E-state index contributed by atoms with van der Waals surface area (Å²) in [6, 6.07) is 2.32. The first-order chi connectivity index (χ1) is 10.9. The lowest BCUT2D eigenvalue weighted by molar-refractivity contribution is -0.138. The number of rotatable bonds is 4. The molecule has 124 valence electrons. The van der Waals surface area contributed by atoms with Crippen molar-refractivity contribution in [2.24, 2.45) is 0 Å². The fourth-order valence-electron chi connectivity index (χ4n) is 3.08. The number of anilines is 1. The highest BCUT2D eigenvalue weighted by Gasteiger charge is 2.51. The number of aromatic nitrogens is 1. The molecule has 1 saturated heterocycles. The number of nitrogens with zero attached hydrogens (tertiary/aromatic N) is 2. The Morgan fingerprint density at radius 1 is 1.43 bits per heavy atom. The second-order valence-corrected chi connectivity index (χ2v) is 6.18. The van der Waals surface area contributed by atoms with Crippen LogP contribution >= 0.6 is 9.39 Å². The van der Waals surface area contributed by atoms with Gasteiger partial charge in [-0.15, -0.1) is 0 Å². The number of hydrogen-bond acceptors (Lipinski definition) is 5.